The van der Waals surface area contributed by atoms with Crippen molar-refractivity contribution in [1.82, 2.24) is 29.4 Å². The third-order valence-electron chi connectivity index (χ3n) is 6.31. The van der Waals surface area contributed by atoms with Gasteiger partial charge in [0.05, 0.1) is 11.1 Å². The molecule has 0 bridgehead atoms. The van der Waals surface area contributed by atoms with Crippen molar-refractivity contribution >= 4 is 27.2 Å². The Morgan fingerprint density at radius 3 is 2.76 bits per heavy atom. The average molecular weight is 409 g/mol. The fourth-order valence-electron chi connectivity index (χ4n) is 4.57. The lowest BCUT2D eigenvalue weighted by molar-refractivity contribution is 0.218. The van der Waals surface area contributed by atoms with E-state index in [1.807, 2.05) is 33.8 Å². The van der Waals surface area contributed by atoms with E-state index in [4.69, 9.17) is 15.1 Å². The third-order valence-corrected chi connectivity index (χ3v) is 7.47. The van der Waals surface area contributed by atoms with Crippen LogP contribution < -0.4 is 0 Å². The van der Waals surface area contributed by atoms with E-state index < -0.39 is 0 Å². The number of fused-ring (bicyclic) bond motifs is 5. The molecule has 7 heteroatoms. The van der Waals surface area contributed by atoms with Crippen LogP contribution in [0.25, 0.3) is 15.9 Å². The molecule has 0 saturated heterocycles. The smallest absolute Gasteiger partial charge is 0.167 e. The van der Waals surface area contributed by atoms with Gasteiger partial charge in [-0.3, -0.25) is 4.68 Å². The van der Waals surface area contributed by atoms with Gasteiger partial charge in [0.15, 0.2) is 11.5 Å². The van der Waals surface area contributed by atoms with Crippen molar-refractivity contribution in [1.29, 1.82) is 0 Å². The summed E-state index contributed by atoms with van der Waals surface area (Å²) in [5.74, 6) is 1.59. The van der Waals surface area contributed by atoms with Gasteiger partial charge in [-0.15, -0.1) is 16.4 Å². The Labute approximate surface area is 175 Å². The van der Waals surface area contributed by atoms with Crippen LogP contribution in [0.1, 0.15) is 54.8 Å². The highest BCUT2D eigenvalue weighted by molar-refractivity contribution is 7.19. The van der Waals surface area contributed by atoms with Crippen LogP contribution in [-0.2, 0) is 25.8 Å². The Kier molecular flexibility index (Phi) is 4.28. The van der Waals surface area contributed by atoms with E-state index in [0.29, 0.717) is 5.41 Å². The first kappa shape index (κ1) is 18.7. The molecule has 0 aromatic carbocycles. The molecule has 0 fully saturated rings. The SMILES string of the molecule is Cc1cc(C)n(CCc2nc3c4c5c(sc4ncn3n2)CC(C(C)(C)C)CC5)n1. The van der Waals surface area contributed by atoms with Gasteiger partial charge in [-0.05, 0) is 56.1 Å². The van der Waals surface area contributed by atoms with Gasteiger partial charge in [-0.1, -0.05) is 20.8 Å². The summed E-state index contributed by atoms with van der Waals surface area (Å²) < 4.78 is 3.90. The molecular formula is C22H28N6S. The number of rotatable bonds is 3. The molecule has 0 radical (unpaired) electrons. The Morgan fingerprint density at radius 1 is 1.21 bits per heavy atom. The Hall–Kier alpha value is -2.28. The minimum Gasteiger partial charge on any atom is -0.269 e. The summed E-state index contributed by atoms with van der Waals surface area (Å²) in [7, 11) is 0. The highest BCUT2D eigenvalue weighted by Gasteiger charge is 2.31. The van der Waals surface area contributed by atoms with Crippen molar-refractivity contribution in [2.75, 3.05) is 0 Å². The van der Waals surface area contributed by atoms with Crippen LogP contribution >= 0.6 is 11.3 Å². The van der Waals surface area contributed by atoms with Crippen molar-refractivity contribution in [3.63, 3.8) is 0 Å². The van der Waals surface area contributed by atoms with Crippen molar-refractivity contribution < 1.29 is 0 Å². The lowest BCUT2D eigenvalue weighted by Gasteiger charge is -2.33. The maximum absolute atomic E-state index is 4.92. The van der Waals surface area contributed by atoms with Crippen molar-refractivity contribution in [2.24, 2.45) is 11.3 Å². The molecule has 1 aliphatic rings. The molecule has 1 atom stereocenters. The first-order valence-electron chi connectivity index (χ1n) is 10.4. The van der Waals surface area contributed by atoms with Gasteiger partial charge in [0, 0.05) is 23.5 Å². The average Bonchev–Trinajstić information content (AvgIpc) is 3.31. The van der Waals surface area contributed by atoms with E-state index in [9.17, 15) is 0 Å². The van der Waals surface area contributed by atoms with Crippen LogP contribution in [-0.4, -0.2) is 29.4 Å². The van der Waals surface area contributed by atoms with Crippen molar-refractivity contribution in [2.45, 2.75) is 66.8 Å². The van der Waals surface area contributed by atoms with Crippen LogP contribution in [0.15, 0.2) is 12.4 Å². The first-order chi connectivity index (χ1) is 13.8. The highest BCUT2D eigenvalue weighted by atomic mass is 32.1. The zero-order valence-electron chi connectivity index (χ0n) is 17.9. The molecule has 0 saturated carbocycles. The molecule has 0 aliphatic heterocycles. The second-order valence-corrected chi connectivity index (χ2v) is 10.5. The maximum Gasteiger partial charge on any atom is 0.167 e. The summed E-state index contributed by atoms with van der Waals surface area (Å²) in [5.41, 5.74) is 5.00. The van der Waals surface area contributed by atoms with E-state index in [2.05, 4.69) is 38.9 Å². The van der Waals surface area contributed by atoms with Crippen molar-refractivity contribution in [3.8, 4) is 0 Å². The summed E-state index contributed by atoms with van der Waals surface area (Å²) in [4.78, 5) is 12.2. The van der Waals surface area contributed by atoms with Gasteiger partial charge in [0.1, 0.15) is 11.2 Å². The summed E-state index contributed by atoms with van der Waals surface area (Å²) in [6, 6.07) is 2.10. The monoisotopic (exact) mass is 408 g/mol. The van der Waals surface area contributed by atoms with E-state index >= 15 is 0 Å². The van der Waals surface area contributed by atoms with E-state index in [1.54, 1.807) is 0 Å². The summed E-state index contributed by atoms with van der Waals surface area (Å²) in [6.07, 6.45) is 6.10. The fourth-order valence-corrected chi connectivity index (χ4v) is 5.83. The zero-order valence-corrected chi connectivity index (χ0v) is 18.7. The van der Waals surface area contributed by atoms with Crippen LogP contribution in [0.5, 0.6) is 0 Å². The summed E-state index contributed by atoms with van der Waals surface area (Å²) in [6.45, 7) is 12.0. The van der Waals surface area contributed by atoms with Crippen LogP contribution in [0.3, 0.4) is 0 Å². The number of nitrogens with zero attached hydrogens (tertiary/aromatic N) is 6. The summed E-state index contributed by atoms with van der Waals surface area (Å²) in [5, 5.41) is 10.5. The molecule has 1 unspecified atom stereocenters. The van der Waals surface area contributed by atoms with Crippen LogP contribution in [0, 0.1) is 25.2 Å². The van der Waals surface area contributed by atoms with Gasteiger partial charge in [0.25, 0.3) is 0 Å². The molecule has 0 spiro atoms. The van der Waals surface area contributed by atoms with Gasteiger partial charge >= 0.3 is 0 Å². The molecule has 6 nitrogen and oxygen atoms in total. The van der Waals surface area contributed by atoms with Gasteiger partial charge in [-0.25, -0.2) is 14.5 Å². The molecule has 0 amide bonds. The number of hydrogen-bond donors (Lipinski definition) is 0. The topological polar surface area (TPSA) is 60.9 Å². The quantitative estimate of drug-likeness (QED) is 0.499. The molecule has 5 rings (SSSR count). The van der Waals surface area contributed by atoms with Gasteiger partial charge < -0.3 is 0 Å². The minimum atomic E-state index is 0.349. The molecule has 4 aromatic heterocycles. The molecule has 1 aliphatic carbocycles. The number of hydrogen-bond acceptors (Lipinski definition) is 5. The first-order valence-corrected chi connectivity index (χ1v) is 11.3. The lowest BCUT2D eigenvalue weighted by atomic mass is 9.72. The lowest BCUT2D eigenvalue weighted by Crippen LogP contribution is -2.26. The Bertz CT molecular complexity index is 1210. The fraction of sp³-hybridized carbons (Fsp3) is 0.545. The van der Waals surface area contributed by atoms with Gasteiger partial charge in [0.2, 0.25) is 0 Å². The molecule has 4 aromatic rings. The summed E-state index contributed by atoms with van der Waals surface area (Å²) >= 11 is 1.85. The standard InChI is InChI=1S/C22H28N6S/c1-13-10-14(2)27(25-13)9-8-18-24-20-19-16-7-6-15(22(3,4)5)11-17(16)29-21(19)23-12-28(20)26-18/h10,12,15H,6-9,11H2,1-5H3. The molecule has 0 N–H and O–H groups in total. The van der Waals surface area contributed by atoms with Gasteiger partial charge in [-0.2, -0.15) is 5.10 Å². The second kappa shape index (κ2) is 6.62. The largest absolute Gasteiger partial charge is 0.269 e. The predicted molar refractivity (Wildman–Crippen MR) is 117 cm³/mol. The normalized spacial score (nSPS) is 17.3. The van der Waals surface area contributed by atoms with E-state index in [1.165, 1.54) is 27.9 Å². The van der Waals surface area contributed by atoms with Crippen LogP contribution in [0.4, 0.5) is 0 Å². The minimum absolute atomic E-state index is 0.349. The Morgan fingerprint density at radius 2 is 2.03 bits per heavy atom. The zero-order chi connectivity index (χ0) is 20.3. The van der Waals surface area contributed by atoms with E-state index in [0.717, 1.165) is 53.7 Å². The molecular weight excluding hydrogens is 380 g/mol. The van der Waals surface area contributed by atoms with E-state index in [-0.39, 0.29) is 0 Å². The molecule has 29 heavy (non-hydrogen) atoms. The number of thiophene rings is 1. The number of aryl methyl sites for hydroxylation is 5. The number of aromatic nitrogens is 6. The predicted octanol–water partition coefficient (Wildman–Crippen LogP) is 4.55. The second-order valence-electron chi connectivity index (χ2n) is 9.43. The van der Waals surface area contributed by atoms with Crippen LogP contribution in [0.2, 0.25) is 0 Å². The van der Waals surface area contributed by atoms with Crippen molar-refractivity contribution in [3.05, 3.63) is 40.0 Å². The molecule has 152 valence electrons. The molecule has 4 heterocycles. The maximum atomic E-state index is 4.92. The highest BCUT2D eigenvalue weighted by Crippen LogP contribution is 2.43. The Balaban J connectivity index is 1.49. The third kappa shape index (κ3) is 3.25.